The third-order valence-corrected chi connectivity index (χ3v) is 4.75. The normalized spacial score (nSPS) is 11.0. The molecule has 1 aromatic carbocycles. The van der Waals surface area contributed by atoms with Crippen LogP contribution in [0, 0.1) is 0 Å². The van der Waals surface area contributed by atoms with E-state index in [2.05, 4.69) is 39.6 Å². The monoisotopic (exact) mass is 535 g/mol. The van der Waals surface area contributed by atoms with Crippen molar-refractivity contribution in [2.75, 3.05) is 7.05 Å². The maximum atomic E-state index is 5.81. The summed E-state index contributed by atoms with van der Waals surface area (Å²) >= 11 is 0. The predicted octanol–water partition coefficient (Wildman–Crippen LogP) is 4.26. The van der Waals surface area contributed by atoms with Gasteiger partial charge in [-0.2, -0.15) is 0 Å². The summed E-state index contributed by atoms with van der Waals surface area (Å²) in [6, 6.07) is 13.9. The zero-order chi connectivity index (χ0) is 21.2. The first-order valence-corrected chi connectivity index (χ1v) is 10.3. The van der Waals surface area contributed by atoms with Crippen molar-refractivity contribution in [1.82, 2.24) is 20.8 Å². The fourth-order valence-corrected chi connectivity index (χ4v) is 3.09. The van der Waals surface area contributed by atoms with Crippen molar-refractivity contribution < 1.29 is 9.26 Å². The lowest BCUT2D eigenvalue weighted by Gasteiger charge is -2.13. The summed E-state index contributed by atoms with van der Waals surface area (Å²) in [6.07, 6.45) is 3.42. The standard InChI is InChI=1S/C23H29N5O2.HI/c1-4-20-19(21(5-2)30-28-20)15-27-23(24-3)26-14-18-11-12-25-22(13-18)29-16-17-9-7-6-8-10-17;/h6-13H,4-5,14-16H2,1-3H3,(H2,24,26,27);1H. The Kier molecular flexibility index (Phi) is 10.3. The SMILES string of the molecule is CCc1noc(CC)c1CNC(=NC)NCc1ccnc(OCc2ccccc2)c1.I. The largest absolute Gasteiger partial charge is 0.473 e. The van der Waals surface area contributed by atoms with Crippen molar-refractivity contribution in [1.29, 1.82) is 0 Å². The molecule has 7 nitrogen and oxygen atoms in total. The highest BCUT2D eigenvalue weighted by atomic mass is 127. The molecule has 0 aliphatic rings. The van der Waals surface area contributed by atoms with Gasteiger partial charge in [-0.15, -0.1) is 24.0 Å². The van der Waals surface area contributed by atoms with E-state index in [0.717, 1.165) is 41.0 Å². The number of aliphatic imine (C=N–C) groups is 1. The highest BCUT2D eigenvalue weighted by Crippen LogP contribution is 2.15. The molecule has 0 spiro atoms. The number of pyridine rings is 1. The number of hydrogen-bond acceptors (Lipinski definition) is 5. The zero-order valence-electron chi connectivity index (χ0n) is 18.2. The number of aryl methyl sites for hydroxylation is 2. The Hall–Kier alpha value is -2.62. The molecule has 0 unspecified atom stereocenters. The van der Waals surface area contributed by atoms with Crippen LogP contribution in [-0.2, 0) is 32.5 Å². The Morgan fingerprint density at radius 2 is 1.81 bits per heavy atom. The quantitative estimate of drug-likeness (QED) is 0.242. The van der Waals surface area contributed by atoms with Crippen molar-refractivity contribution >= 4 is 29.9 Å². The third kappa shape index (κ3) is 7.23. The predicted molar refractivity (Wildman–Crippen MR) is 133 cm³/mol. The van der Waals surface area contributed by atoms with Crippen LogP contribution in [0.25, 0.3) is 0 Å². The lowest BCUT2D eigenvalue weighted by atomic mass is 10.1. The number of hydrogen-bond donors (Lipinski definition) is 2. The molecule has 2 heterocycles. The van der Waals surface area contributed by atoms with Crippen LogP contribution in [0.1, 0.15) is 42.0 Å². The summed E-state index contributed by atoms with van der Waals surface area (Å²) in [5.41, 5.74) is 4.27. The van der Waals surface area contributed by atoms with Crippen molar-refractivity contribution in [2.24, 2.45) is 4.99 Å². The number of nitrogens with one attached hydrogen (secondary N) is 2. The second kappa shape index (κ2) is 12.9. The highest BCUT2D eigenvalue weighted by molar-refractivity contribution is 14.0. The van der Waals surface area contributed by atoms with Gasteiger partial charge in [-0.25, -0.2) is 4.98 Å². The van der Waals surface area contributed by atoms with Gasteiger partial charge in [-0.05, 0) is 23.6 Å². The molecular weight excluding hydrogens is 505 g/mol. The Labute approximate surface area is 200 Å². The summed E-state index contributed by atoms with van der Waals surface area (Å²) in [7, 11) is 1.76. The van der Waals surface area contributed by atoms with E-state index in [1.54, 1.807) is 13.2 Å². The van der Waals surface area contributed by atoms with Crippen molar-refractivity contribution in [2.45, 2.75) is 46.4 Å². The molecule has 0 saturated carbocycles. The zero-order valence-corrected chi connectivity index (χ0v) is 20.6. The van der Waals surface area contributed by atoms with Crippen LogP contribution in [0.2, 0.25) is 0 Å². The first-order chi connectivity index (χ1) is 14.7. The third-order valence-electron chi connectivity index (χ3n) is 4.75. The minimum atomic E-state index is 0. The van der Waals surface area contributed by atoms with Gasteiger partial charge in [0.2, 0.25) is 5.88 Å². The minimum absolute atomic E-state index is 0. The Balaban J connectivity index is 0.00000341. The van der Waals surface area contributed by atoms with Crippen LogP contribution < -0.4 is 15.4 Å². The molecule has 0 amide bonds. The maximum absolute atomic E-state index is 5.81. The molecule has 2 N–H and O–H groups in total. The van der Waals surface area contributed by atoms with Gasteiger partial charge in [-0.3, -0.25) is 4.99 Å². The summed E-state index contributed by atoms with van der Waals surface area (Å²) in [6.45, 7) is 5.87. The number of aromatic nitrogens is 2. The molecule has 8 heteroatoms. The molecule has 0 atom stereocenters. The molecule has 0 fully saturated rings. The molecule has 3 aromatic rings. The van der Waals surface area contributed by atoms with E-state index in [-0.39, 0.29) is 24.0 Å². The average Bonchev–Trinajstić information content (AvgIpc) is 3.21. The number of ether oxygens (including phenoxy) is 1. The Morgan fingerprint density at radius 1 is 1.03 bits per heavy atom. The van der Waals surface area contributed by atoms with Crippen LogP contribution in [0.15, 0.2) is 58.2 Å². The van der Waals surface area contributed by atoms with E-state index in [1.807, 2.05) is 42.5 Å². The smallest absolute Gasteiger partial charge is 0.213 e. The van der Waals surface area contributed by atoms with Crippen LogP contribution >= 0.6 is 24.0 Å². The molecule has 0 aliphatic carbocycles. The maximum Gasteiger partial charge on any atom is 0.213 e. The number of halogens is 1. The second-order valence-electron chi connectivity index (χ2n) is 6.79. The van der Waals surface area contributed by atoms with Crippen LogP contribution in [-0.4, -0.2) is 23.1 Å². The fourth-order valence-electron chi connectivity index (χ4n) is 3.09. The van der Waals surface area contributed by atoms with E-state index in [1.165, 1.54) is 0 Å². The number of guanidine groups is 1. The first-order valence-electron chi connectivity index (χ1n) is 10.3. The average molecular weight is 535 g/mol. The van der Waals surface area contributed by atoms with Crippen LogP contribution in [0.4, 0.5) is 0 Å². The fraction of sp³-hybridized carbons (Fsp3) is 0.348. The summed E-state index contributed by atoms with van der Waals surface area (Å²) < 4.78 is 11.2. The number of rotatable bonds is 9. The van der Waals surface area contributed by atoms with E-state index >= 15 is 0 Å². The molecule has 31 heavy (non-hydrogen) atoms. The molecule has 3 rings (SSSR count). The van der Waals surface area contributed by atoms with Gasteiger partial charge in [0, 0.05) is 44.4 Å². The van der Waals surface area contributed by atoms with Gasteiger partial charge < -0.3 is 19.9 Å². The molecule has 166 valence electrons. The molecule has 0 saturated heterocycles. The lowest BCUT2D eigenvalue weighted by Crippen LogP contribution is -2.36. The summed E-state index contributed by atoms with van der Waals surface area (Å²) in [4.78, 5) is 8.61. The van der Waals surface area contributed by atoms with Crippen LogP contribution in [0.3, 0.4) is 0 Å². The van der Waals surface area contributed by atoms with Gasteiger partial charge in [0.05, 0.1) is 5.69 Å². The second-order valence-corrected chi connectivity index (χ2v) is 6.79. The lowest BCUT2D eigenvalue weighted by molar-refractivity contribution is 0.293. The van der Waals surface area contributed by atoms with Gasteiger partial charge in [0.15, 0.2) is 5.96 Å². The van der Waals surface area contributed by atoms with Gasteiger partial charge in [0.25, 0.3) is 0 Å². The van der Waals surface area contributed by atoms with Gasteiger partial charge >= 0.3 is 0 Å². The van der Waals surface area contributed by atoms with E-state index < -0.39 is 0 Å². The van der Waals surface area contributed by atoms with E-state index in [0.29, 0.717) is 31.5 Å². The van der Waals surface area contributed by atoms with E-state index in [9.17, 15) is 0 Å². The van der Waals surface area contributed by atoms with Crippen molar-refractivity contribution in [3.05, 3.63) is 76.8 Å². The molecule has 0 bridgehead atoms. The Bertz CT molecular complexity index is 938. The van der Waals surface area contributed by atoms with E-state index in [4.69, 9.17) is 9.26 Å². The molecule has 0 aliphatic heterocycles. The molecular formula is C23H30IN5O2. The van der Waals surface area contributed by atoms with Gasteiger partial charge in [0.1, 0.15) is 12.4 Å². The first kappa shape index (κ1) is 24.6. The van der Waals surface area contributed by atoms with Crippen molar-refractivity contribution in [3.63, 3.8) is 0 Å². The Morgan fingerprint density at radius 3 is 2.52 bits per heavy atom. The molecule has 0 radical (unpaired) electrons. The molecule has 2 aromatic heterocycles. The summed E-state index contributed by atoms with van der Waals surface area (Å²) in [5.74, 6) is 2.23. The minimum Gasteiger partial charge on any atom is -0.473 e. The van der Waals surface area contributed by atoms with Gasteiger partial charge in [-0.1, -0.05) is 49.3 Å². The topological polar surface area (TPSA) is 84.6 Å². The number of nitrogens with zero attached hydrogens (tertiary/aromatic N) is 3. The van der Waals surface area contributed by atoms with Crippen molar-refractivity contribution in [3.8, 4) is 5.88 Å². The summed E-state index contributed by atoms with van der Waals surface area (Å²) in [5, 5.41) is 10.8. The van der Waals surface area contributed by atoms with Crippen LogP contribution in [0.5, 0.6) is 5.88 Å². The highest BCUT2D eigenvalue weighted by Gasteiger charge is 2.13. The number of benzene rings is 1.